The van der Waals surface area contributed by atoms with Crippen molar-refractivity contribution in [2.45, 2.75) is 90.1 Å². The van der Waals surface area contributed by atoms with Gasteiger partial charge in [0.1, 0.15) is 0 Å². The smallest absolute Gasteiger partial charge is 0.231 e. The fourth-order valence-corrected chi connectivity index (χ4v) is 6.23. The number of hydrogen-bond donors (Lipinski definition) is 0. The summed E-state index contributed by atoms with van der Waals surface area (Å²) in [4.78, 5) is 19.8. The Labute approximate surface area is 173 Å². The van der Waals surface area contributed by atoms with Gasteiger partial charge in [0.05, 0.1) is 5.54 Å². The predicted molar refractivity (Wildman–Crippen MR) is 115 cm³/mol. The fraction of sp³-hybridized carbons (Fsp3) is 0.625. The molecule has 2 heterocycles. The number of fused-ring (bicyclic) bond motifs is 4. The molecule has 0 unspecified atom stereocenters. The van der Waals surface area contributed by atoms with Gasteiger partial charge < -0.3 is 0 Å². The van der Waals surface area contributed by atoms with Crippen molar-refractivity contribution < 1.29 is 4.79 Å². The molecule has 1 spiro atoms. The third-order valence-electron chi connectivity index (χ3n) is 7.80. The van der Waals surface area contributed by atoms with Gasteiger partial charge in [0.25, 0.3) is 0 Å². The lowest BCUT2D eigenvalue weighted by molar-refractivity contribution is -0.118. The van der Waals surface area contributed by atoms with Crippen molar-refractivity contribution >= 4 is 11.9 Å². The average molecular weight is 393 g/mol. The molecule has 1 aromatic carbocycles. The number of nitrogens with zero attached hydrogens (tertiary/aromatic N) is 4. The van der Waals surface area contributed by atoms with E-state index >= 15 is 0 Å². The number of amides is 1. The molecule has 3 aliphatic rings. The highest BCUT2D eigenvalue weighted by molar-refractivity contribution is 5.91. The van der Waals surface area contributed by atoms with E-state index in [1.54, 1.807) is 6.92 Å². The zero-order valence-electron chi connectivity index (χ0n) is 17.9. The minimum atomic E-state index is 0.0373. The highest BCUT2D eigenvalue weighted by Crippen LogP contribution is 2.53. The van der Waals surface area contributed by atoms with E-state index < -0.39 is 0 Å². The fourth-order valence-electron chi connectivity index (χ4n) is 6.23. The number of hydrogen-bond acceptors (Lipinski definition) is 3. The van der Waals surface area contributed by atoms with Crippen LogP contribution in [0.2, 0.25) is 0 Å². The van der Waals surface area contributed by atoms with Crippen LogP contribution in [-0.2, 0) is 10.3 Å². The van der Waals surface area contributed by atoms with Crippen molar-refractivity contribution in [2.24, 2.45) is 5.92 Å². The summed E-state index contributed by atoms with van der Waals surface area (Å²) in [5, 5.41) is 5.10. The molecular formula is C24H32N4O. The number of benzene rings is 1. The lowest BCUT2D eigenvalue weighted by atomic mass is 9.64. The summed E-state index contributed by atoms with van der Waals surface area (Å²) < 4.78 is 2.20. The second kappa shape index (κ2) is 6.96. The lowest BCUT2D eigenvalue weighted by Gasteiger charge is -2.55. The van der Waals surface area contributed by atoms with E-state index in [4.69, 9.17) is 10.1 Å². The van der Waals surface area contributed by atoms with Gasteiger partial charge in [0.15, 0.2) is 5.82 Å². The van der Waals surface area contributed by atoms with E-state index in [1.807, 2.05) is 4.90 Å². The minimum Gasteiger partial charge on any atom is -0.278 e. The first-order valence-corrected chi connectivity index (χ1v) is 11.4. The Hall–Kier alpha value is -2.17. The third kappa shape index (κ3) is 2.84. The topological polar surface area (TPSA) is 51.0 Å². The van der Waals surface area contributed by atoms with Gasteiger partial charge in [-0.15, -0.1) is 5.10 Å². The molecule has 0 N–H and O–H groups in total. The first-order valence-electron chi connectivity index (χ1n) is 11.4. The van der Waals surface area contributed by atoms with E-state index in [0.717, 1.165) is 23.8 Å². The van der Waals surface area contributed by atoms with Crippen LogP contribution in [0.4, 0.5) is 5.95 Å². The highest BCUT2D eigenvalue weighted by Gasteiger charge is 2.54. The Bertz CT molecular complexity index is 940. The first kappa shape index (κ1) is 18.8. The normalized spacial score (nSPS) is 25.6. The van der Waals surface area contributed by atoms with Crippen LogP contribution in [0.5, 0.6) is 0 Å². The van der Waals surface area contributed by atoms with Crippen molar-refractivity contribution in [3.63, 3.8) is 0 Å². The van der Waals surface area contributed by atoms with Crippen LogP contribution >= 0.6 is 0 Å². The van der Waals surface area contributed by atoms with Gasteiger partial charge in [-0.2, -0.15) is 4.98 Å². The first-order chi connectivity index (χ1) is 14.0. The van der Waals surface area contributed by atoms with Crippen molar-refractivity contribution in [3.8, 4) is 11.4 Å². The quantitative estimate of drug-likeness (QED) is 0.675. The van der Waals surface area contributed by atoms with Crippen molar-refractivity contribution in [2.75, 3.05) is 4.90 Å². The zero-order valence-corrected chi connectivity index (χ0v) is 17.9. The molecule has 2 fully saturated rings. The standard InChI is InChI=1S/C24H32N4O/c1-16-11-12-19(15-17(16)2)22-25-23-27(18(3)29)21-10-6-5-9-20(21)24(28(23)26-22)13-7-4-8-14-24/h11-12,15,20-21H,4-10,13-14H2,1-3H3/t20-,21+/m1/s1. The second-order valence-electron chi connectivity index (χ2n) is 9.46. The lowest BCUT2D eigenvalue weighted by Crippen LogP contribution is -2.61. The summed E-state index contributed by atoms with van der Waals surface area (Å²) in [5.74, 6) is 2.16. The maximum Gasteiger partial charge on any atom is 0.231 e. The third-order valence-corrected chi connectivity index (χ3v) is 7.80. The molecule has 5 nitrogen and oxygen atoms in total. The Balaban J connectivity index is 1.70. The molecule has 0 saturated heterocycles. The maximum atomic E-state index is 12.8. The van der Waals surface area contributed by atoms with Crippen LogP contribution in [0.3, 0.4) is 0 Å². The molecule has 5 rings (SSSR count). The maximum absolute atomic E-state index is 12.8. The van der Waals surface area contributed by atoms with E-state index in [-0.39, 0.29) is 17.5 Å². The van der Waals surface area contributed by atoms with Gasteiger partial charge in [-0.05, 0) is 56.7 Å². The summed E-state index contributed by atoms with van der Waals surface area (Å²) >= 11 is 0. The van der Waals surface area contributed by atoms with Crippen LogP contribution in [-0.4, -0.2) is 26.7 Å². The van der Waals surface area contributed by atoms with Gasteiger partial charge in [0.2, 0.25) is 11.9 Å². The van der Waals surface area contributed by atoms with Crippen LogP contribution in [0.1, 0.15) is 75.8 Å². The van der Waals surface area contributed by atoms with Crippen LogP contribution in [0.25, 0.3) is 11.4 Å². The molecule has 1 aliphatic heterocycles. The van der Waals surface area contributed by atoms with Gasteiger partial charge >= 0.3 is 0 Å². The summed E-state index contributed by atoms with van der Waals surface area (Å²) in [6.07, 6.45) is 10.9. The molecule has 1 aromatic heterocycles. The van der Waals surface area contributed by atoms with Crippen molar-refractivity contribution in [3.05, 3.63) is 29.3 Å². The molecule has 0 bridgehead atoms. The molecular weight excluding hydrogens is 360 g/mol. The van der Waals surface area contributed by atoms with E-state index in [2.05, 4.69) is 36.7 Å². The number of aryl methyl sites for hydroxylation is 2. The average Bonchev–Trinajstić information content (AvgIpc) is 3.17. The Morgan fingerprint density at radius 2 is 1.79 bits per heavy atom. The van der Waals surface area contributed by atoms with Crippen molar-refractivity contribution in [1.29, 1.82) is 0 Å². The van der Waals surface area contributed by atoms with Gasteiger partial charge in [-0.1, -0.05) is 44.2 Å². The minimum absolute atomic E-state index is 0.0373. The molecule has 29 heavy (non-hydrogen) atoms. The second-order valence-corrected chi connectivity index (χ2v) is 9.46. The molecule has 2 aliphatic carbocycles. The van der Waals surface area contributed by atoms with Crippen LogP contribution < -0.4 is 4.90 Å². The Kier molecular flexibility index (Phi) is 4.52. The molecule has 0 radical (unpaired) electrons. The number of anilines is 1. The number of carbonyl (C=O) groups is 1. The zero-order chi connectivity index (χ0) is 20.2. The van der Waals surface area contributed by atoms with Gasteiger partial charge in [-0.25, -0.2) is 4.68 Å². The molecule has 5 heteroatoms. The number of rotatable bonds is 1. The molecule has 2 atom stereocenters. The van der Waals surface area contributed by atoms with Gasteiger partial charge in [0, 0.05) is 24.4 Å². The summed E-state index contributed by atoms with van der Waals surface area (Å²) in [5.41, 5.74) is 3.61. The van der Waals surface area contributed by atoms with E-state index in [0.29, 0.717) is 5.92 Å². The summed E-state index contributed by atoms with van der Waals surface area (Å²) in [6.45, 7) is 5.96. The van der Waals surface area contributed by atoms with Gasteiger partial charge in [-0.3, -0.25) is 9.69 Å². The van der Waals surface area contributed by atoms with E-state index in [9.17, 15) is 4.79 Å². The molecule has 154 valence electrons. The summed E-state index contributed by atoms with van der Waals surface area (Å²) in [7, 11) is 0. The SMILES string of the molecule is CC(=O)N1c2nc(-c3ccc(C)c(C)c3)nn2C2(CCCCC2)[C@@H]2CCCC[C@@H]21. The largest absolute Gasteiger partial charge is 0.278 e. The number of aromatic nitrogens is 3. The Morgan fingerprint density at radius 3 is 2.52 bits per heavy atom. The highest BCUT2D eigenvalue weighted by atomic mass is 16.2. The van der Waals surface area contributed by atoms with Crippen LogP contribution in [0, 0.1) is 19.8 Å². The molecule has 1 amide bonds. The number of carbonyl (C=O) groups excluding carboxylic acids is 1. The molecule has 2 aromatic rings. The Morgan fingerprint density at radius 1 is 1.03 bits per heavy atom. The predicted octanol–water partition coefficient (Wildman–Crippen LogP) is 5.15. The monoisotopic (exact) mass is 392 g/mol. The summed E-state index contributed by atoms with van der Waals surface area (Å²) in [6, 6.07) is 6.71. The van der Waals surface area contributed by atoms with Crippen LogP contribution in [0.15, 0.2) is 18.2 Å². The van der Waals surface area contributed by atoms with Crippen molar-refractivity contribution in [1.82, 2.24) is 14.8 Å². The van der Waals surface area contributed by atoms with E-state index in [1.165, 1.54) is 62.5 Å². The molecule has 2 saturated carbocycles.